The van der Waals surface area contributed by atoms with Crippen LogP contribution in [0.2, 0.25) is 0 Å². The van der Waals surface area contributed by atoms with Crippen LogP contribution >= 0.6 is 0 Å². The van der Waals surface area contributed by atoms with Crippen LogP contribution in [-0.2, 0) is 6.42 Å². The zero-order valence-corrected chi connectivity index (χ0v) is 12.6. The highest BCUT2D eigenvalue weighted by Crippen LogP contribution is 2.40. The van der Waals surface area contributed by atoms with Crippen molar-refractivity contribution in [3.8, 4) is 0 Å². The minimum Gasteiger partial charge on any atom is -0.316 e. The van der Waals surface area contributed by atoms with E-state index >= 15 is 0 Å². The predicted molar refractivity (Wildman–Crippen MR) is 82.7 cm³/mol. The fourth-order valence-corrected chi connectivity index (χ4v) is 4.95. The van der Waals surface area contributed by atoms with Gasteiger partial charge in [-0.2, -0.15) is 0 Å². The van der Waals surface area contributed by atoms with Gasteiger partial charge in [0.25, 0.3) is 0 Å². The molecule has 3 heterocycles. The van der Waals surface area contributed by atoms with Gasteiger partial charge < -0.3 is 5.32 Å². The Morgan fingerprint density at radius 1 is 1.19 bits per heavy atom. The van der Waals surface area contributed by atoms with Gasteiger partial charge in [-0.05, 0) is 74.8 Å². The van der Waals surface area contributed by atoms with Crippen molar-refractivity contribution >= 4 is 0 Å². The lowest BCUT2D eigenvalue weighted by Crippen LogP contribution is -2.63. The van der Waals surface area contributed by atoms with Crippen molar-refractivity contribution in [3.05, 3.63) is 35.6 Å². The Kier molecular flexibility index (Phi) is 3.72. The van der Waals surface area contributed by atoms with Crippen LogP contribution in [-0.4, -0.2) is 36.6 Å². The van der Waals surface area contributed by atoms with Crippen LogP contribution < -0.4 is 5.32 Å². The summed E-state index contributed by atoms with van der Waals surface area (Å²) in [5.41, 5.74) is 1.16. The van der Waals surface area contributed by atoms with E-state index in [1.165, 1.54) is 38.8 Å². The molecule has 3 heteroatoms. The van der Waals surface area contributed by atoms with Crippen molar-refractivity contribution in [1.29, 1.82) is 0 Å². The number of nitrogens with one attached hydrogen (secondary N) is 1. The van der Waals surface area contributed by atoms with E-state index in [4.69, 9.17) is 0 Å². The van der Waals surface area contributed by atoms with E-state index in [0.29, 0.717) is 6.04 Å². The molecular weight excluding hydrogens is 263 g/mol. The highest BCUT2D eigenvalue weighted by molar-refractivity contribution is 5.18. The summed E-state index contributed by atoms with van der Waals surface area (Å²) in [6, 6.07) is 8.57. The molecule has 3 aliphatic heterocycles. The van der Waals surface area contributed by atoms with Gasteiger partial charge in [0, 0.05) is 12.1 Å². The Hall–Kier alpha value is -0.930. The minimum absolute atomic E-state index is 0.0989. The molecule has 1 aromatic carbocycles. The molecule has 114 valence electrons. The van der Waals surface area contributed by atoms with Gasteiger partial charge in [-0.1, -0.05) is 18.6 Å². The van der Waals surface area contributed by atoms with Gasteiger partial charge in [0.05, 0.1) is 0 Å². The number of benzene rings is 1. The third-order valence-electron chi connectivity index (χ3n) is 5.86. The molecule has 0 aliphatic carbocycles. The Balaban J connectivity index is 1.59. The smallest absolute Gasteiger partial charge is 0.123 e. The summed E-state index contributed by atoms with van der Waals surface area (Å²) in [5, 5.41) is 3.65. The monoisotopic (exact) mass is 288 g/mol. The van der Waals surface area contributed by atoms with Gasteiger partial charge in [0.15, 0.2) is 0 Å². The molecule has 4 rings (SSSR count). The summed E-state index contributed by atoms with van der Waals surface area (Å²) in [6.45, 7) is 3.59. The summed E-state index contributed by atoms with van der Waals surface area (Å²) in [5.74, 6) is 1.48. The Labute approximate surface area is 126 Å². The fourth-order valence-electron chi connectivity index (χ4n) is 4.95. The van der Waals surface area contributed by atoms with Crippen molar-refractivity contribution in [2.75, 3.05) is 19.6 Å². The van der Waals surface area contributed by atoms with Gasteiger partial charge in [-0.25, -0.2) is 4.39 Å². The Morgan fingerprint density at radius 2 is 2.10 bits per heavy atom. The molecule has 0 unspecified atom stereocenters. The molecule has 0 radical (unpaired) electrons. The van der Waals surface area contributed by atoms with Crippen LogP contribution in [0.5, 0.6) is 0 Å². The normalized spacial score (nSPS) is 36.2. The first-order chi connectivity index (χ1) is 10.3. The largest absolute Gasteiger partial charge is 0.316 e. The average Bonchev–Trinajstić information content (AvgIpc) is 2.52. The first-order valence-electron chi connectivity index (χ1n) is 8.52. The number of piperidine rings is 3. The van der Waals surface area contributed by atoms with Crippen molar-refractivity contribution in [2.24, 2.45) is 11.8 Å². The summed E-state index contributed by atoms with van der Waals surface area (Å²) in [4.78, 5) is 2.79. The first kappa shape index (κ1) is 13.7. The molecular formula is C18H25FN2. The minimum atomic E-state index is -0.0989. The number of hydrogen-bond acceptors (Lipinski definition) is 2. The number of hydrogen-bond donors (Lipinski definition) is 1. The summed E-state index contributed by atoms with van der Waals surface area (Å²) in [7, 11) is 0. The van der Waals surface area contributed by atoms with E-state index in [1.807, 2.05) is 6.07 Å². The molecule has 3 fully saturated rings. The molecule has 2 bridgehead atoms. The maximum absolute atomic E-state index is 13.5. The standard InChI is InChI=1S/C18H25FN2/c19-16-5-3-4-13(8-16)9-18-15-10-14(11-20-12-15)17-6-1-2-7-21(17)18/h3-5,8,14-15,17-18,20H,1-2,6-7,9-12H2/t14-,15+,17+,18+/m1/s1. The van der Waals surface area contributed by atoms with Crippen molar-refractivity contribution in [2.45, 2.75) is 44.2 Å². The number of nitrogens with zero attached hydrogens (tertiary/aromatic N) is 1. The summed E-state index contributed by atoms with van der Waals surface area (Å²) in [6.07, 6.45) is 6.46. The summed E-state index contributed by atoms with van der Waals surface area (Å²) >= 11 is 0. The number of rotatable bonds is 2. The lowest BCUT2D eigenvalue weighted by Gasteiger charge is -2.55. The molecule has 0 aromatic heterocycles. The zero-order valence-electron chi connectivity index (χ0n) is 12.6. The molecule has 4 atom stereocenters. The van der Waals surface area contributed by atoms with Gasteiger partial charge in [0.2, 0.25) is 0 Å². The van der Waals surface area contributed by atoms with Gasteiger partial charge in [-0.3, -0.25) is 4.90 Å². The van der Waals surface area contributed by atoms with Crippen LogP contribution in [0.15, 0.2) is 24.3 Å². The third-order valence-corrected chi connectivity index (χ3v) is 5.86. The predicted octanol–water partition coefficient (Wildman–Crippen LogP) is 2.83. The second-order valence-corrected chi connectivity index (χ2v) is 7.12. The number of fused-ring (bicyclic) bond motifs is 4. The fraction of sp³-hybridized carbons (Fsp3) is 0.667. The summed E-state index contributed by atoms with van der Waals surface area (Å²) < 4.78 is 13.5. The van der Waals surface area contributed by atoms with Gasteiger partial charge in [-0.15, -0.1) is 0 Å². The number of halogens is 1. The molecule has 1 N–H and O–H groups in total. The molecule has 21 heavy (non-hydrogen) atoms. The van der Waals surface area contributed by atoms with Crippen LogP contribution in [0.3, 0.4) is 0 Å². The molecule has 2 nitrogen and oxygen atoms in total. The molecule has 0 saturated carbocycles. The maximum Gasteiger partial charge on any atom is 0.123 e. The Morgan fingerprint density at radius 3 is 3.00 bits per heavy atom. The second-order valence-electron chi connectivity index (χ2n) is 7.12. The van der Waals surface area contributed by atoms with Crippen LogP contribution in [0.1, 0.15) is 31.2 Å². The molecule has 3 saturated heterocycles. The van der Waals surface area contributed by atoms with Crippen LogP contribution in [0.4, 0.5) is 4.39 Å². The average molecular weight is 288 g/mol. The van der Waals surface area contributed by atoms with E-state index in [0.717, 1.165) is 36.4 Å². The van der Waals surface area contributed by atoms with Crippen LogP contribution in [0.25, 0.3) is 0 Å². The van der Waals surface area contributed by atoms with Crippen LogP contribution in [0, 0.1) is 17.7 Å². The second kappa shape index (κ2) is 5.69. The lowest BCUT2D eigenvalue weighted by molar-refractivity contribution is -0.0382. The molecule has 0 spiro atoms. The van der Waals surface area contributed by atoms with Gasteiger partial charge >= 0.3 is 0 Å². The van der Waals surface area contributed by atoms with Crippen molar-refractivity contribution < 1.29 is 4.39 Å². The Bertz CT molecular complexity index is 504. The van der Waals surface area contributed by atoms with E-state index in [2.05, 4.69) is 16.3 Å². The topological polar surface area (TPSA) is 15.3 Å². The van der Waals surface area contributed by atoms with E-state index in [1.54, 1.807) is 12.1 Å². The molecule has 1 aromatic rings. The molecule has 3 aliphatic rings. The third kappa shape index (κ3) is 2.62. The quantitative estimate of drug-likeness (QED) is 0.900. The highest BCUT2D eigenvalue weighted by Gasteiger charge is 2.44. The van der Waals surface area contributed by atoms with E-state index < -0.39 is 0 Å². The molecule has 0 amide bonds. The first-order valence-corrected chi connectivity index (χ1v) is 8.52. The van der Waals surface area contributed by atoms with Crippen molar-refractivity contribution in [1.82, 2.24) is 10.2 Å². The zero-order chi connectivity index (χ0) is 14.2. The lowest BCUT2D eigenvalue weighted by atomic mass is 9.71. The van der Waals surface area contributed by atoms with Gasteiger partial charge in [0.1, 0.15) is 5.82 Å². The van der Waals surface area contributed by atoms with Crippen molar-refractivity contribution in [3.63, 3.8) is 0 Å². The van der Waals surface area contributed by atoms with E-state index in [-0.39, 0.29) is 5.82 Å². The van der Waals surface area contributed by atoms with E-state index in [9.17, 15) is 4.39 Å². The maximum atomic E-state index is 13.5. The SMILES string of the molecule is Fc1cccc(C[C@H]2[C@@H]3CNC[C@@H](C3)[C@@H]3CCCCN32)c1. The highest BCUT2D eigenvalue weighted by atomic mass is 19.1.